The fraction of sp³-hybridized carbons (Fsp3) is 0.120. The van der Waals surface area contributed by atoms with Crippen molar-refractivity contribution in [2.24, 2.45) is 0 Å². The summed E-state index contributed by atoms with van der Waals surface area (Å²) >= 11 is 1.65. The predicted octanol–water partition coefficient (Wildman–Crippen LogP) is 5.53. The number of aromatic nitrogens is 2. The van der Waals surface area contributed by atoms with E-state index in [1.165, 1.54) is 0 Å². The SMILES string of the molecule is COc1ccc(-c2cn(-c3ccccc3)nc2C(=O)Nc2ccc(SC)cc2)cc1OC. The fourth-order valence-corrected chi connectivity index (χ4v) is 3.74. The number of benzene rings is 3. The highest BCUT2D eigenvalue weighted by Gasteiger charge is 2.20. The molecule has 162 valence electrons. The van der Waals surface area contributed by atoms with Crippen LogP contribution in [0.4, 0.5) is 5.69 Å². The predicted molar refractivity (Wildman–Crippen MR) is 128 cm³/mol. The van der Waals surface area contributed by atoms with Gasteiger partial charge in [-0.05, 0) is 60.4 Å². The van der Waals surface area contributed by atoms with Gasteiger partial charge >= 0.3 is 0 Å². The number of carbonyl (C=O) groups is 1. The van der Waals surface area contributed by atoms with Gasteiger partial charge in [0.15, 0.2) is 17.2 Å². The Kier molecular flexibility index (Phi) is 6.47. The number of anilines is 1. The molecule has 1 amide bonds. The number of carbonyl (C=O) groups excluding carboxylic acids is 1. The van der Waals surface area contributed by atoms with Crippen molar-refractivity contribution in [3.8, 4) is 28.3 Å². The van der Waals surface area contributed by atoms with E-state index < -0.39 is 0 Å². The summed E-state index contributed by atoms with van der Waals surface area (Å²) in [4.78, 5) is 14.4. The monoisotopic (exact) mass is 445 g/mol. The Morgan fingerprint density at radius 1 is 0.938 bits per heavy atom. The van der Waals surface area contributed by atoms with E-state index in [1.54, 1.807) is 30.7 Å². The number of ether oxygens (including phenoxy) is 2. The van der Waals surface area contributed by atoms with Crippen molar-refractivity contribution in [3.05, 3.63) is 84.7 Å². The summed E-state index contributed by atoms with van der Waals surface area (Å²) in [5.41, 5.74) is 3.37. The van der Waals surface area contributed by atoms with E-state index in [9.17, 15) is 4.79 Å². The maximum Gasteiger partial charge on any atom is 0.276 e. The number of amides is 1. The van der Waals surface area contributed by atoms with E-state index >= 15 is 0 Å². The second kappa shape index (κ2) is 9.62. The first-order valence-electron chi connectivity index (χ1n) is 9.96. The molecular formula is C25H23N3O3S. The number of hydrogen-bond donors (Lipinski definition) is 1. The molecule has 32 heavy (non-hydrogen) atoms. The Morgan fingerprint density at radius 2 is 1.66 bits per heavy atom. The van der Waals surface area contributed by atoms with E-state index in [0.717, 1.165) is 16.1 Å². The van der Waals surface area contributed by atoms with Crippen LogP contribution in [0.1, 0.15) is 10.5 Å². The van der Waals surface area contributed by atoms with Gasteiger partial charge in [-0.2, -0.15) is 5.10 Å². The number of nitrogens with one attached hydrogen (secondary N) is 1. The molecular weight excluding hydrogens is 422 g/mol. The lowest BCUT2D eigenvalue weighted by molar-refractivity contribution is 0.102. The standard InChI is InChI=1S/C25H23N3O3S/c1-30-22-14-9-17(15-23(22)31-2)21-16-28(19-7-5-4-6-8-19)27-24(21)25(29)26-18-10-12-20(32-3)13-11-18/h4-16H,1-3H3,(H,26,29). The van der Waals surface area contributed by atoms with Gasteiger partial charge in [0.05, 0.1) is 19.9 Å². The molecule has 1 N–H and O–H groups in total. The van der Waals surface area contributed by atoms with Crippen molar-refractivity contribution in [2.45, 2.75) is 4.90 Å². The third kappa shape index (κ3) is 4.48. The lowest BCUT2D eigenvalue weighted by atomic mass is 10.1. The molecule has 4 rings (SSSR count). The van der Waals surface area contributed by atoms with Gasteiger partial charge in [0.2, 0.25) is 0 Å². The minimum absolute atomic E-state index is 0.290. The molecule has 0 radical (unpaired) electrons. The van der Waals surface area contributed by atoms with E-state index in [0.29, 0.717) is 28.4 Å². The maximum absolute atomic E-state index is 13.2. The third-order valence-electron chi connectivity index (χ3n) is 4.99. The fourth-order valence-electron chi connectivity index (χ4n) is 3.33. The van der Waals surface area contributed by atoms with Gasteiger partial charge in [0.25, 0.3) is 5.91 Å². The molecule has 0 fully saturated rings. The van der Waals surface area contributed by atoms with Crippen LogP contribution < -0.4 is 14.8 Å². The highest BCUT2D eigenvalue weighted by Crippen LogP contribution is 2.34. The van der Waals surface area contributed by atoms with Crippen molar-refractivity contribution in [1.29, 1.82) is 0 Å². The topological polar surface area (TPSA) is 65.4 Å². The van der Waals surface area contributed by atoms with Crippen molar-refractivity contribution in [1.82, 2.24) is 9.78 Å². The molecule has 0 atom stereocenters. The summed E-state index contributed by atoms with van der Waals surface area (Å²) in [6.07, 6.45) is 3.86. The van der Waals surface area contributed by atoms with Gasteiger partial charge in [-0.1, -0.05) is 24.3 Å². The summed E-state index contributed by atoms with van der Waals surface area (Å²) in [6.45, 7) is 0. The molecule has 0 aliphatic carbocycles. The van der Waals surface area contributed by atoms with Crippen LogP contribution >= 0.6 is 11.8 Å². The Bertz CT molecular complexity index is 1220. The van der Waals surface area contributed by atoms with Crippen LogP contribution in [-0.4, -0.2) is 36.2 Å². The zero-order valence-electron chi connectivity index (χ0n) is 18.0. The number of methoxy groups -OCH3 is 2. The average molecular weight is 446 g/mol. The summed E-state index contributed by atoms with van der Waals surface area (Å²) in [6, 6.07) is 22.9. The largest absolute Gasteiger partial charge is 0.493 e. The maximum atomic E-state index is 13.2. The smallest absolute Gasteiger partial charge is 0.276 e. The van der Waals surface area contributed by atoms with Gasteiger partial charge < -0.3 is 14.8 Å². The van der Waals surface area contributed by atoms with E-state index in [4.69, 9.17) is 9.47 Å². The number of hydrogen-bond acceptors (Lipinski definition) is 5. The zero-order chi connectivity index (χ0) is 22.5. The Hall–Kier alpha value is -3.71. The van der Waals surface area contributed by atoms with Crippen LogP contribution in [0.25, 0.3) is 16.8 Å². The van der Waals surface area contributed by atoms with Gasteiger partial charge in [-0.3, -0.25) is 4.79 Å². The number of thioether (sulfide) groups is 1. The van der Waals surface area contributed by atoms with Gasteiger partial charge in [-0.15, -0.1) is 11.8 Å². The highest BCUT2D eigenvalue weighted by molar-refractivity contribution is 7.98. The van der Waals surface area contributed by atoms with Crippen molar-refractivity contribution in [3.63, 3.8) is 0 Å². The van der Waals surface area contributed by atoms with E-state index in [1.807, 2.05) is 85.2 Å². The molecule has 6 nitrogen and oxygen atoms in total. The summed E-state index contributed by atoms with van der Waals surface area (Å²) in [5, 5.41) is 7.57. The van der Waals surface area contributed by atoms with Crippen LogP contribution in [0, 0.1) is 0 Å². The lowest BCUT2D eigenvalue weighted by Gasteiger charge is -2.10. The molecule has 0 saturated heterocycles. The first kappa shape index (κ1) is 21.5. The molecule has 4 aromatic rings. The molecule has 3 aromatic carbocycles. The van der Waals surface area contributed by atoms with Crippen LogP contribution in [0.5, 0.6) is 11.5 Å². The molecule has 7 heteroatoms. The van der Waals surface area contributed by atoms with Crippen LogP contribution in [0.3, 0.4) is 0 Å². The molecule has 0 aliphatic rings. The van der Waals surface area contributed by atoms with Crippen molar-refractivity contribution < 1.29 is 14.3 Å². The Balaban J connectivity index is 1.76. The molecule has 1 aromatic heterocycles. The Morgan fingerprint density at radius 3 is 2.31 bits per heavy atom. The summed E-state index contributed by atoms with van der Waals surface area (Å²) in [5.74, 6) is 0.907. The quantitative estimate of drug-likeness (QED) is 0.379. The van der Waals surface area contributed by atoms with Crippen LogP contribution in [-0.2, 0) is 0 Å². The normalized spacial score (nSPS) is 10.6. The van der Waals surface area contributed by atoms with Crippen LogP contribution in [0.2, 0.25) is 0 Å². The van der Waals surface area contributed by atoms with Crippen LogP contribution in [0.15, 0.2) is 83.9 Å². The van der Waals surface area contributed by atoms with Gasteiger partial charge in [0.1, 0.15) is 0 Å². The van der Waals surface area contributed by atoms with Crippen molar-refractivity contribution >= 4 is 23.4 Å². The zero-order valence-corrected chi connectivity index (χ0v) is 18.8. The molecule has 1 heterocycles. The van der Waals surface area contributed by atoms with Crippen molar-refractivity contribution in [2.75, 3.05) is 25.8 Å². The lowest BCUT2D eigenvalue weighted by Crippen LogP contribution is -2.14. The van der Waals surface area contributed by atoms with Gasteiger partial charge in [0, 0.05) is 22.3 Å². The second-order valence-corrected chi connectivity index (χ2v) is 7.80. The molecule has 0 saturated carbocycles. The summed E-state index contributed by atoms with van der Waals surface area (Å²) in [7, 11) is 3.17. The molecule has 0 aliphatic heterocycles. The average Bonchev–Trinajstić information content (AvgIpc) is 3.30. The summed E-state index contributed by atoms with van der Waals surface area (Å²) < 4.78 is 12.5. The second-order valence-electron chi connectivity index (χ2n) is 6.92. The highest BCUT2D eigenvalue weighted by atomic mass is 32.2. The first-order valence-corrected chi connectivity index (χ1v) is 11.2. The third-order valence-corrected chi connectivity index (χ3v) is 5.74. The number of nitrogens with zero attached hydrogens (tertiary/aromatic N) is 2. The molecule has 0 bridgehead atoms. The first-order chi connectivity index (χ1) is 15.6. The number of rotatable bonds is 7. The molecule has 0 unspecified atom stereocenters. The van der Waals surface area contributed by atoms with E-state index in [-0.39, 0.29) is 5.91 Å². The minimum atomic E-state index is -0.290. The molecule has 0 spiro atoms. The number of para-hydroxylation sites is 1. The van der Waals surface area contributed by atoms with Gasteiger partial charge in [-0.25, -0.2) is 4.68 Å². The van der Waals surface area contributed by atoms with E-state index in [2.05, 4.69) is 10.4 Å². The Labute approximate surface area is 191 Å². The minimum Gasteiger partial charge on any atom is -0.493 e.